The lowest BCUT2D eigenvalue weighted by Gasteiger charge is -2.37. The summed E-state index contributed by atoms with van der Waals surface area (Å²) >= 11 is 13.3. The first-order chi connectivity index (χ1) is 19.3. The molecule has 0 radical (unpaired) electrons. The molecule has 0 aliphatic heterocycles. The lowest BCUT2D eigenvalue weighted by atomic mass is 9.78. The molecule has 4 rings (SSSR count). The quantitative estimate of drug-likeness (QED) is 0.305. The van der Waals surface area contributed by atoms with E-state index in [-0.39, 0.29) is 23.3 Å². The minimum Gasteiger partial charge on any atom is -0.467 e. The van der Waals surface area contributed by atoms with Crippen molar-refractivity contribution in [1.82, 2.24) is 14.9 Å². The number of carbonyl (C=O) groups is 2. The van der Waals surface area contributed by atoms with E-state index in [0.29, 0.717) is 28.1 Å². The van der Waals surface area contributed by atoms with Crippen LogP contribution in [0, 0.1) is 6.92 Å². The number of alkyl carbamates (subject to hydrolysis) is 1. The fraction of sp³-hybridized carbons (Fsp3) is 0.552. The monoisotopic (exact) mass is 628 g/mol. The van der Waals surface area contributed by atoms with Crippen molar-refractivity contribution in [3.05, 3.63) is 51.7 Å². The summed E-state index contributed by atoms with van der Waals surface area (Å²) in [6, 6.07) is 3.95. The highest BCUT2D eigenvalue weighted by Gasteiger charge is 2.45. The summed E-state index contributed by atoms with van der Waals surface area (Å²) in [6.45, 7) is 12.1. The number of nitrogens with one attached hydrogen (secondary N) is 1. The smallest absolute Gasteiger partial charge is 0.415 e. The van der Waals surface area contributed by atoms with Crippen LogP contribution in [0.25, 0.3) is 5.52 Å². The minimum atomic E-state index is -2.99. The molecule has 1 fully saturated rings. The zero-order valence-electron chi connectivity index (χ0n) is 24.7. The summed E-state index contributed by atoms with van der Waals surface area (Å²) in [4.78, 5) is 27.6. The number of hydrogen-bond acceptors (Lipinski definition) is 6. The number of nitrogens with zero attached hydrogens (tertiary/aromatic N) is 3. The highest BCUT2D eigenvalue weighted by molar-refractivity contribution is 6.32. The highest BCUT2D eigenvalue weighted by atomic mass is 35.5. The molecule has 230 valence electrons. The second-order valence-corrected chi connectivity index (χ2v) is 13.3. The molecule has 1 aliphatic rings. The maximum atomic E-state index is 14.6. The Balaban J connectivity index is 1.84. The molecule has 1 saturated carbocycles. The lowest BCUT2D eigenvalue weighted by molar-refractivity contribution is -0.0502. The van der Waals surface area contributed by atoms with Gasteiger partial charge in [0.15, 0.2) is 5.15 Å². The van der Waals surface area contributed by atoms with E-state index in [0.717, 1.165) is 0 Å². The standard InChI is InChI=1S/C29H36Cl2F2N4O5/c1-16-22(18-10-11-29(32,33)14-19(18)34-25(38)41-27(2,3)4)24(31)37-23(16)20(13-21(30)35-37)36(15-17-9-8-12-40-17)26(39)42-28(5,6)7/h8-9,12-13,18-19H,10-11,14-15H2,1-7H3,(H,34,38). The van der Waals surface area contributed by atoms with Gasteiger partial charge in [-0.1, -0.05) is 23.2 Å². The average Bonchev–Trinajstić information content (AvgIpc) is 3.41. The van der Waals surface area contributed by atoms with E-state index >= 15 is 0 Å². The maximum Gasteiger partial charge on any atom is 0.415 e. The van der Waals surface area contributed by atoms with Crippen molar-refractivity contribution in [2.75, 3.05) is 4.90 Å². The Morgan fingerprint density at radius 2 is 1.86 bits per heavy atom. The summed E-state index contributed by atoms with van der Waals surface area (Å²) in [7, 11) is 0. The van der Waals surface area contributed by atoms with E-state index in [4.69, 9.17) is 37.1 Å². The van der Waals surface area contributed by atoms with Gasteiger partial charge in [-0.2, -0.15) is 5.10 Å². The van der Waals surface area contributed by atoms with Gasteiger partial charge in [0.1, 0.15) is 22.1 Å². The number of anilines is 1. The Morgan fingerprint density at radius 3 is 2.45 bits per heavy atom. The number of carbonyl (C=O) groups excluding carboxylic acids is 2. The molecule has 2 atom stereocenters. The normalized spacial score (nSPS) is 19.0. The molecule has 3 heterocycles. The number of halogens is 4. The molecule has 0 spiro atoms. The van der Waals surface area contributed by atoms with E-state index in [1.807, 2.05) is 0 Å². The van der Waals surface area contributed by atoms with Crippen LogP contribution in [0.3, 0.4) is 0 Å². The molecular weight excluding hydrogens is 593 g/mol. The first-order valence-corrected chi connectivity index (χ1v) is 14.4. The van der Waals surface area contributed by atoms with Crippen molar-refractivity contribution < 1.29 is 32.3 Å². The van der Waals surface area contributed by atoms with E-state index in [1.54, 1.807) is 60.6 Å². The third-order valence-corrected chi connectivity index (χ3v) is 7.32. The number of aromatic nitrogens is 2. The van der Waals surface area contributed by atoms with Gasteiger partial charge >= 0.3 is 12.2 Å². The largest absolute Gasteiger partial charge is 0.467 e. The highest BCUT2D eigenvalue weighted by Crippen LogP contribution is 2.47. The van der Waals surface area contributed by atoms with Crippen LogP contribution >= 0.6 is 23.2 Å². The number of ether oxygens (including phenoxy) is 2. The molecule has 13 heteroatoms. The Labute approximate surface area is 253 Å². The van der Waals surface area contributed by atoms with Crippen molar-refractivity contribution in [3.8, 4) is 0 Å². The molecule has 0 saturated heterocycles. The van der Waals surface area contributed by atoms with Gasteiger partial charge in [0.25, 0.3) is 0 Å². The molecule has 1 N–H and O–H groups in total. The zero-order chi connectivity index (χ0) is 31.2. The SMILES string of the molecule is Cc1c(C2CCC(F)(F)CC2NC(=O)OC(C)(C)C)c(Cl)n2nc(Cl)cc(N(Cc3ccco3)C(=O)OC(C)(C)C)c12. The van der Waals surface area contributed by atoms with Crippen LogP contribution in [0.5, 0.6) is 0 Å². The van der Waals surface area contributed by atoms with Crippen molar-refractivity contribution in [3.63, 3.8) is 0 Å². The van der Waals surface area contributed by atoms with Crippen molar-refractivity contribution in [2.45, 2.75) is 103 Å². The predicted octanol–water partition coefficient (Wildman–Crippen LogP) is 8.28. The fourth-order valence-electron chi connectivity index (χ4n) is 5.20. The third kappa shape index (κ3) is 7.29. The second-order valence-electron chi connectivity index (χ2n) is 12.5. The van der Waals surface area contributed by atoms with Gasteiger partial charge in [0.05, 0.1) is 24.0 Å². The van der Waals surface area contributed by atoms with Gasteiger partial charge in [0, 0.05) is 30.9 Å². The molecule has 0 bridgehead atoms. The third-order valence-electron chi connectivity index (χ3n) is 6.77. The van der Waals surface area contributed by atoms with E-state index in [1.165, 1.54) is 21.7 Å². The van der Waals surface area contributed by atoms with Crippen LogP contribution in [-0.2, 0) is 16.0 Å². The molecule has 2 unspecified atom stereocenters. The number of hydrogen-bond donors (Lipinski definition) is 1. The predicted molar refractivity (Wildman–Crippen MR) is 156 cm³/mol. The molecule has 0 aromatic carbocycles. The number of rotatable bonds is 5. The van der Waals surface area contributed by atoms with Crippen molar-refractivity contribution in [2.24, 2.45) is 0 Å². The summed E-state index contributed by atoms with van der Waals surface area (Å²) in [5.74, 6) is -3.10. The van der Waals surface area contributed by atoms with Crippen LogP contribution in [-0.4, -0.2) is 45.0 Å². The summed E-state index contributed by atoms with van der Waals surface area (Å²) in [5, 5.41) is 7.20. The van der Waals surface area contributed by atoms with Crippen molar-refractivity contribution in [1.29, 1.82) is 0 Å². The number of amides is 2. The molecule has 1 aliphatic carbocycles. The molecular formula is C29H36Cl2F2N4O5. The summed E-state index contributed by atoms with van der Waals surface area (Å²) in [6.07, 6.45) is -0.924. The van der Waals surface area contributed by atoms with Crippen LogP contribution in [0.4, 0.5) is 24.1 Å². The van der Waals surface area contributed by atoms with Gasteiger partial charge in [-0.25, -0.2) is 22.9 Å². The second kappa shape index (κ2) is 11.6. The molecule has 2 amide bonds. The van der Waals surface area contributed by atoms with Crippen LogP contribution < -0.4 is 10.2 Å². The molecule has 9 nitrogen and oxygen atoms in total. The van der Waals surface area contributed by atoms with Gasteiger partial charge in [-0.05, 0) is 78.1 Å². The van der Waals surface area contributed by atoms with Crippen molar-refractivity contribution >= 4 is 46.6 Å². The summed E-state index contributed by atoms with van der Waals surface area (Å²) in [5.41, 5.74) is 0.266. The van der Waals surface area contributed by atoms with Crippen LogP contribution in [0.15, 0.2) is 28.9 Å². The Bertz CT molecular complexity index is 1460. The zero-order valence-corrected chi connectivity index (χ0v) is 26.2. The lowest BCUT2D eigenvalue weighted by Crippen LogP contribution is -2.48. The Hall–Kier alpha value is -3.05. The fourth-order valence-corrected chi connectivity index (χ4v) is 5.79. The van der Waals surface area contributed by atoms with E-state index < -0.39 is 54.1 Å². The Morgan fingerprint density at radius 1 is 1.19 bits per heavy atom. The van der Waals surface area contributed by atoms with Crippen LogP contribution in [0.2, 0.25) is 10.3 Å². The summed E-state index contributed by atoms with van der Waals surface area (Å²) < 4.78 is 47.2. The van der Waals surface area contributed by atoms with Crippen LogP contribution in [0.1, 0.15) is 83.6 Å². The molecule has 42 heavy (non-hydrogen) atoms. The molecule has 3 aromatic rings. The van der Waals surface area contributed by atoms with E-state index in [2.05, 4.69) is 10.4 Å². The number of aryl methyl sites for hydroxylation is 1. The maximum absolute atomic E-state index is 14.6. The first-order valence-electron chi connectivity index (χ1n) is 13.6. The van der Waals surface area contributed by atoms with Gasteiger partial charge in [-0.3, -0.25) is 4.90 Å². The number of furan rings is 1. The average molecular weight is 630 g/mol. The van der Waals surface area contributed by atoms with E-state index in [9.17, 15) is 18.4 Å². The van der Waals surface area contributed by atoms with Gasteiger partial charge in [0.2, 0.25) is 5.92 Å². The molecule has 3 aromatic heterocycles. The minimum absolute atomic E-state index is 0.00790. The first kappa shape index (κ1) is 31.9. The van der Waals surface area contributed by atoms with Gasteiger partial charge in [-0.15, -0.1) is 0 Å². The number of alkyl halides is 2. The number of fused-ring (bicyclic) bond motifs is 1. The Kier molecular flexibility index (Phi) is 8.77. The van der Waals surface area contributed by atoms with Gasteiger partial charge < -0.3 is 19.2 Å². The topological polar surface area (TPSA) is 98.3 Å².